The van der Waals surface area contributed by atoms with Crippen molar-refractivity contribution < 1.29 is 9.59 Å². The second kappa shape index (κ2) is 5.11. The molecule has 15 heavy (non-hydrogen) atoms. The summed E-state index contributed by atoms with van der Waals surface area (Å²) in [6.07, 6.45) is 2.07. The zero-order valence-corrected chi connectivity index (χ0v) is 9.40. The largest absolute Gasteiger partial charge is 0.349 e. The lowest BCUT2D eigenvalue weighted by Gasteiger charge is -2.30. The number of nitrogens with zero attached hydrogens (tertiary/aromatic N) is 2. The molecular formula is C10H19N3O2. The molecule has 2 N–H and O–H groups in total. The van der Waals surface area contributed by atoms with E-state index in [0.29, 0.717) is 13.0 Å². The summed E-state index contributed by atoms with van der Waals surface area (Å²) >= 11 is 0. The van der Waals surface area contributed by atoms with E-state index < -0.39 is 0 Å². The summed E-state index contributed by atoms with van der Waals surface area (Å²) in [6, 6.07) is -0.367. The first-order chi connectivity index (χ1) is 7.02. The molecule has 0 aliphatic carbocycles. The third-order valence-corrected chi connectivity index (χ3v) is 2.67. The molecule has 1 saturated heterocycles. The zero-order valence-electron chi connectivity index (χ0n) is 9.40. The normalized spacial score (nSPS) is 21.7. The van der Waals surface area contributed by atoms with Crippen molar-refractivity contribution in [2.24, 2.45) is 5.73 Å². The van der Waals surface area contributed by atoms with Crippen molar-refractivity contribution in [3.63, 3.8) is 0 Å². The molecule has 86 valence electrons. The van der Waals surface area contributed by atoms with Crippen molar-refractivity contribution >= 4 is 11.8 Å². The second-order valence-corrected chi connectivity index (χ2v) is 4.11. The smallest absolute Gasteiger partial charge is 0.239 e. The Kier molecular flexibility index (Phi) is 4.08. The van der Waals surface area contributed by atoms with Crippen LogP contribution in [0.5, 0.6) is 0 Å². The minimum Gasteiger partial charge on any atom is -0.349 e. The molecule has 1 aliphatic heterocycles. The maximum atomic E-state index is 11.6. The summed E-state index contributed by atoms with van der Waals surface area (Å²) in [5.74, 6) is 0.0229. The Morgan fingerprint density at radius 2 is 2.27 bits per heavy atom. The highest BCUT2D eigenvalue weighted by atomic mass is 16.2. The van der Waals surface area contributed by atoms with E-state index in [1.165, 1.54) is 4.90 Å². The third kappa shape index (κ3) is 3.20. The molecule has 1 fully saturated rings. The Hall–Kier alpha value is -1.10. The lowest BCUT2D eigenvalue weighted by atomic mass is 10.1. The minimum atomic E-state index is -0.367. The van der Waals surface area contributed by atoms with Crippen molar-refractivity contribution in [2.75, 3.05) is 27.2 Å². The summed E-state index contributed by atoms with van der Waals surface area (Å²) in [5.41, 5.74) is 5.65. The highest BCUT2D eigenvalue weighted by Gasteiger charge is 2.25. The molecule has 0 saturated carbocycles. The molecule has 0 radical (unpaired) electrons. The van der Waals surface area contributed by atoms with E-state index in [9.17, 15) is 9.59 Å². The Morgan fingerprint density at radius 1 is 1.60 bits per heavy atom. The fraction of sp³-hybridized carbons (Fsp3) is 0.800. The van der Waals surface area contributed by atoms with Gasteiger partial charge in [-0.3, -0.25) is 9.59 Å². The topological polar surface area (TPSA) is 66.6 Å². The minimum absolute atomic E-state index is 0.0205. The molecule has 2 amide bonds. The van der Waals surface area contributed by atoms with Crippen LogP contribution in [0.3, 0.4) is 0 Å². The molecule has 0 aromatic rings. The van der Waals surface area contributed by atoms with E-state index in [-0.39, 0.29) is 17.9 Å². The molecule has 0 aromatic carbocycles. The Bertz CT molecular complexity index is 253. The third-order valence-electron chi connectivity index (χ3n) is 2.67. The van der Waals surface area contributed by atoms with Crippen molar-refractivity contribution in [3.8, 4) is 0 Å². The van der Waals surface area contributed by atoms with Gasteiger partial charge in [-0.1, -0.05) is 0 Å². The molecular weight excluding hydrogens is 194 g/mol. The van der Waals surface area contributed by atoms with Crippen LogP contribution in [0.1, 0.15) is 19.3 Å². The van der Waals surface area contributed by atoms with E-state index in [1.54, 1.807) is 19.0 Å². The van der Waals surface area contributed by atoms with Crippen LogP contribution >= 0.6 is 0 Å². The molecule has 1 heterocycles. The fourth-order valence-corrected chi connectivity index (χ4v) is 1.65. The summed E-state index contributed by atoms with van der Waals surface area (Å²) < 4.78 is 0. The van der Waals surface area contributed by atoms with Gasteiger partial charge in [-0.25, -0.2) is 0 Å². The van der Waals surface area contributed by atoms with Gasteiger partial charge < -0.3 is 15.5 Å². The van der Waals surface area contributed by atoms with Crippen LogP contribution in [0.15, 0.2) is 0 Å². The first-order valence-corrected chi connectivity index (χ1v) is 5.27. The van der Waals surface area contributed by atoms with Gasteiger partial charge in [-0.05, 0) is 12.8 Å². The predicted molar refractivity (Wildman–Crippen MR) is 57.1 cm³/mol. The molecule has 1 unspecified atom stereocenters. The zero-order chi connectivity index (χ0) is 11.4. The second-order valence-electron chi connectivity index (χ2n) is 4.11. The maximum Gasteiger partial charge on any atom is 0.239 e. The number of hydrogen-bond donors (Lipinski definition) is 1. The lowest BCUT2D eigenvalue weighted by Crippen LogP contribution is -2.49. The van der Waals surface area contributed by atoms with Crippen molar-refractivity contribution in [3.05, 3.63) is 0 Å². The molecule has 1 rings (SSSR count). The molecule has 5 nitrogen and oxygen atoms in total. The number of amides is 2. The van der Waals surface area contributed by atoms with Crippen LogP contribution in [-0.4, -0.2) is 54.8 Å². The number of carbonyl (C=O) groups excluding carboxylic acids is 2. The highest BCUT2D eigenvalue weighted by molar-refractivity contribution is 5.83. The van der Waals surface area contributed by atoms with Crippen LogP contribution in [0.25, 0.3) is 0 Å². The van der Waals surface area contributed by atoms with Gasteiger partial charge in [0.25, 0.3) is 0 Å². The molecule has 1 atom stereocenters. The molecule has 0 bridgehead atoms. The number of piperidine rings is 1. The van der Waals surface area contributed by atoms with Crippen LogP contribution in [-0.2, 0) is 9.59 Å². The summed E-state index contributed by atoms with van der Waals surface area (Å²) in [6.45, 7) is 1.22. The molecule has 5 heteroatoms. The maximum absolute atomic E-state index is 11.6. The van der Waals surface area contributed by atoms with Gasteiger partial charge in [0.1, 0.15) is 0 Å². The van der Waals surface area contributed by atoms with Crippen LogP contribution < -0.4 is 5.73 Å². The quantitative estimate of drug-likeness (QED) is 0.681. The Labute approximate surface area is 90.2 Å². The van der Waals surface area contributed by atoms with Gasteiger partial charge in [0.15, 0.2) is 0 Å². The van der Waals surface area contributed by atoms with E-state index in [0.717, 1.165) is 19.4 Å². The van der Waals surface area contributed by atoms with Gasteiger partial charge >= 0.3 is 0 Å². The van der Waals surface area contributed by atoms with Gasteiger partial charge in [0.2, 0.25) is 11.8 Å². The number of likely N-dealkylation sites (tertiary alicyclic amines) is 1. The van der Waals surface area contributed by atoms with Gasteiger partial charge in [0.05, 0.1) is 6.04 Å². The number of nitrogens with two attached hydrogens (primary N) is 1. The van der Waals surface area contributed by atoms with E-state index in [2.05, 4.69) is 0 Å². The highest BCUT2D eigenvalue weighted by Crippen LogP contribution is 2.10. The van der Waals surface area contributed by atoms with Crippen molar-refractivity contribution in [1.29, 1.82) is 0 Å². The van der Waals surface area contributed by atoms with Crippen molar-refractivity contribution in [1.82, 2.24) is 9.80 Å². The summed E-state index contributed by atoms with van der Waals surface area (Å²) in [5, 5.41) is 0. The Balaban J connectivity index is 2.38. The van der Waals surface area contributed by atoms with Crippen molar-refractivity contribution in [2.45, 2.75) is 25.3 Å². The van der Waals surface area contributed by atoms with Crippen LogP contribution in [0.4, 0.5) is 0 Å². The van der Waals surface area contributed by atoms with Gasteiger partial charge in [-0.2, -0.15) is 0 Å². The first-order valence-electron chi connectivity index (χ1n) is 5.27. The van der Waals surface area contributed by atoms with E-state index in [1.807, 2.05) is 0 Å². The van der Waals surface area contributed by atoms with Gasteiger partial charge in [0, 0.05) is 33.6 Å². The summed E-state index contributed by atoms with van der Waals surface area (Å²) in [7, 11) is 3.43. The number of rotatable bonds is 3. The molecule has 0 spiro atoms. The summed E-state index contributed by atoms with van der Waals surface area (Å²) in [4.78, 5) is 26.1. The average molecular weight is 213 g/mol. The van der Waals surface area contributed by atoms with E-state index in [4.69, 9.17) is 5.73 Å². The number of carbonyl (C=O) groups is 2. The average Bonchev–Trinajstić information content (AvgIpc) is 2.19. The molecule has 1 aliphatic rings. The molecule has 0 aromatic heterocycles. The fourth-order valence-electron chi connectivity index (χ4n) is 1.65. The van der Waals surface area contributed by atoms with Crippen LogP contribution in [0, 0.1) is 0 Å². The predicted octanol–water partition coefficient (Wildman–Crippen LogP) is -0.586. The van der Waals surface area contributed by atoms with Gasteiger partial charge in [-0.15, -0.1) is 0 Å². The monoisotopic (exact) mass is 213 g/mol. The lowest BCUT2D eigenvalue weighted by molar-refractivity contribution is -0.136. The Morgan fingerprint density at radius 3 is 2.87 bits per heavy atom. The standard InChI is InChI=1S/C10H19N3O2/c1-12(2)9(14)5-7-13-6-3-4-8(11)10(13)15/h8H,3-7,11H2,1-2H3. The van der Waals surface area contributed by atoms with Crippen LogP contribution in [0.2, 0.25) is 0 Å². The number of hydrogen-bond acceptors (Lipinski definition) is 3. The SMILES string of the molecule is CN(C)C(=O)CCN1CCCC(N)C1=O. The first kappa shape index (κ1) is 12.0. The van der Waals surface area contributed by atoms with E-state index >= 15 is 0 Å².